The molecule has 1 N–H and O–H groups in total. The lowest BCUT2D eigenvalue weighted by Crippen LogP contribution is -2.13. The van der Waals surface area contributed by atoms with Gasteiger partial charge >= 0.3 is 11.9 Å². The van der Waals surface area contributed by atoms with Crippen LogP contribution in [0.4, 0.5) is 0 Å². The normalized spacial score (nSPS) is 25.4. The van der Waals surface area contributed by atoms with Crippen molar-refractivity contribution in [3.8, 4) is 6.07 Å². The molecule has 0 aromatic heterocycles. The van der Waals surface area contributed by atoms with Crippen molar-refractivity contribution in [2.45, 2.75) is 33.8 Å². The number of carboxylic acids is 1. The number of nitriles is 1. The molecule has 18 heavy (non-hydrogen) atoms. The van der Waals surface area contributed by atoms with E-state index in [0.29, 0.717) is 0 Å². The number of carboxylic acid groups (broad SMARTS) is 1. The van der Waals surface area contributed by atoms with E-state index in [4.69, 9.17) is 15.1 Å². The molecule has 0 aromatic carbocycles. The van der Waals surface area contributed by atoms with Gasteiger partial charge in [-0.1, -0.05) is 19.9 Å². The first-order chi connectivity index (χ1) is 8.21. The van der Waals surface area contributed by atoms with Crippen LogP contribution in [0.5, 0.6) is 0 Å². The lowest BCUT2D eigenvalue weighted by Gasteiger charge is -2.06. The maximum absolute atomic E-state index is 11.6. The Morgan fingerprint density at radius 1 is 1.44 bits per heavy atom. The number of rotatable bonds is 4. The van der Waals surface area contributed by atoms with Gasteiger partial charge in [0.25, 0.3) is 0 Å². The second-order valence-electron chi connectivity index (χ2n) is 5.31. The average Bonchev–Trinajstić information content (AvgIpc) is 2.75. The molecule has 0 heterocycles. The maximum atomic E-state index is 11.6. The number of aliphatic carboxylic acids is 1. The van der Waals surface area contributed by atoms with E-state index >= 15 is 0 Å². The van der Waals surface area contributed by atoms with E-state index in [0.717, 1.165) is 0 Å². The fourth-order valence-corrected chi connectivity index (χ4v) is 2.07. The quantitative estimate of drug-likeness (QED) is 0.467. The third kappa shape index (κ3) is 2.70. The molecule has 1 unspecified atom stereocenters. The summed E-state index contributed by atoms with van der Waals surface area (Å²) < 4.78 is 4.92. The van der Waals surface area contributed by atoms with Gasteiger partial charge in [-0.25, -0.2) is 4.79 Å². The number of esters is 1. The first-order valence-electron chi connectivity index (χ1n) is 5.77. The summed E-state index contributed by atoms with van der Waals surface area (Å²) in [6, 6.07) is 1.77. The summed E-state index contributed by atoms with van der Waals surface area (Å²) in [5, 5.41) is 17.9. The van der Waals surface area contributed by atoms with E-state index in [1.54, 1.807) is 33.8 Å². The zero-order chi connectivity index (χ0) is 14.1. The molecule has 5 nitrogen and oxygen atoms in total. The fourth-order valence-electron chi connectivity index (χ4n) is 2.07. The van der Waals surface area contributed by atoms with Crippen molar-refractivity contribution >= 4 is 11.9 Å². The van der Waals surface area contributed by atoms with Gasteiger partial charge in [0.2, 0.25) is 0 Å². The summed E-state index contributed by atoms with van der Waals surface area (Å²) >= 11 is 0. The van der Waals surface area contributed by atoms with E-state index in [9.17, 15) is 9.59 Å². The Morgan fingerprint density at radius 2 is 2.00 bits per heavy atom. The predicted octanol–water partition coefficient (Wildman–Crippen LogP) is 1.74. The van der Waals surface area contributed by atoms with Crippen LogP contribution in [0.15, 0.2) is 11.6 Å². The molecule has 1 aliphatic rings. The highest BCUT2D eigenvalue weighted by atomic mass is 16.5. The van der Waals surface area contributed by atoms with Gasteiger partial charge in [0.05, 0.1) is 12.0 Å². The standard InChI is InChI=1S/C13H17NO4/c1-7(2)18-12(17)8(6-14)5-9-10(11(15)16)13(9,3)4/h5,7,9-10H,1-4H3,(H,15,16)/t9?,10-/m0/s1. The molecule has 0 spiro atoms. The Balaban J connectivity index is 2.86. The molecule has 0 saturated heterocycles. The van der Waals surface area contributed by atoms with Crippen LogP contribution in [0.1, 0.15) is 27.7 Å². The topological polar surface area (TPSA) is 87.4 Å². The van der Waals surface area contributed by atoms with Gasteiger partial charge in [-0.3, -0.25) is 4.79 Å². The number of hydrogen-bond donors (Lipinski definition) is 1. The lowest BCUT2D eigenvalue weighted by atomic mass is 10.1. The van der Waals surface area contributed by atoms with Crippen molar-refractivity contribution in [1.29, 1.82) is 5.26 Å². The van der Waals surface area contributed by atoms with E-state index in [1.165, 1.54) is 6.08 Å². The zero-order valence-electron chi connectivity index (χ0n) is 10.9. The largest absolute Gasteiger partial charge is 0.481 e. The second-order valence-corrected chi connectivity index (χ2v) is 5.31. The molecule has 0 aliphatic heterocycles. The summed E-state index contributed by atoms with van der Waals surface area (Å²) in [6.45, 7) is 6.98. The van der Waals surface area contributed by atoms with Crippen molar-refractivity contribution in [3.05, 3.63) is 11.6 Å². The average molecular weight is 251 g/mol. The molecular weight excluding hydrogens is 234 g/mol. The summed E-state index contributed by atoms with van der Waals surface area (Å²) in [7, 11) is 0. The molecule has 2 atom stereocenters. The molecule has 0 radical (unpaired) electrons. The molecule has 0 aromatic rings. The van der Waals surface area contributed by atoms with E-state index in [2.05, 4.69) is 0 Å². The van der Waals surface area contributed by atoms with Crippen LogP contribution in [-0.2, 0) is 14.3 Å². The first kappa shape index (κ1) is 14.2. The highest BCUT2D eigenvalue weighted by Crippen LogP contribution is 2.59. The summed E-state index contributed by atoms with van der Waals surface area (Å²) in [6.07, 6.45) is 1.11. The van der Waals surface area contributed by atoms with Gasteiger partial charge in [0.1, 0.15) is 11.6 Å². The van der Waals surface area contributed by atoms with Crippen molar-refractivity contribution in [2.75, 3.05) is 0 Å². The molecule has 1 fully saturated rings. The number of allylic oxidation sites excluding steroid dienone is 1. The molecule has 0 amide bonds. The van der Waals surface area contributed by atoms with E-state index < -0.39 is 23.3 Å². The number of hydrogen-bond acceptors (Lipinski definition) is 4. The molecule has 98 valence electrons. The Hall–Kier alpha value is -1.83. The molecule has 1 rings (SSSR count). The van der Waals surface area contributed by atoms with Gasteiger partial charge in [0.15, 0.2) is 0 Å². The van der Waals surface area contributed by atoms with Gasteiger partial charge in [0, 0.05) is 0 Å². The minimum absolute atomic E-state index is 0.120. The van der Waals surface area contributed by atoms with Crippen LogP contribution in [0.25, 0.3) is 0 Å². The predicted molar refractivity (Wildman–Crippen MR) is 63.3 cm³/mol. The van der Waals surface area contributed by atoms with Crippen molar-refractivity contribution in [1.82, 2.24) is 0 Å². The van der Waals surface area contributed by atoms with Crippen LogP contribution < -0.4 is 0 Å². The van der Waals surface area contributed by atoms with Gasteiger partial charge in [-0.05, 0) is 25.2 Å². The Labute approximate surface area is 106 Å². The summed E-state index contributed by atoms with van der Waals surface area (Å²) in [5.74, 6) is -2.45. The SMILES string of the molecule is CC(C)OC(=O)C(C#N)=CC1[C@@H](C(=O)O)C1(C)C. The number of carbonyl (C=O) groups is 2. The van der Waals surface area contributed by atoms with Crippen LogP contribution in [0.2, 0.25) is 0 Å². The minimum Gasteiger partial charge on any atom is -0.481 e. The highest BCUT2D eigenvalue weighted by Gasteiger charge is 2.61. The Kier molecular flexibility index (Phi) is 3.80. The molecule has 0 bridgehead atoms. The van der Waals surface area contributed by atoms with Crippen LogP contribution >= 0.6 is 0 Å². The maximum Gasteiger partial charge on any atom is 0.348 e. The van der Waals surface area contributed by atoms with Crippen LogP contribution in [-0.4, -0.2) is 23.1 Å². The summed E-state index contributed by atoms with van der Waals surface area (Å²) in [4.78, 5) is 22.6. The zero-order valence-corrected chi connectivity index (χ0v) is 10.9. The third-order valence-electron chi connectivity index (χ3n) is 3.21. The first-order valence-corrected chi connectivity index (χ1v) is 5.77. The number of carbonyl (C=O) groups excluding carboxylic acids is 1. The Bertz CT molecular complexity index is 442. The van der Waals surface area contributed by atoms with E-state index in [1.807, 2.05) is 0 Å². The smallest absolute Gasteiger partial charge is 0.348 e. The monoisotopic (exact) mass is 251 g/mol. The van der Waals surface area contributed by atoms with E-state index in [-0.39, 0.29) is 17.6 Å². The van der Waals surface area contributed by atoms with Gasteiger partial charge in [-0.2, -0.15) is 5.26 Å². The van der Waals surface area contributed by atoms with Gasteiger partial charge in [-0.15, -0.1) is 0 Å². The lowest BCUT2D eigenvalue weighted by molar-refractivity contribution is -0.142. The third-order valence-corrected chi connectivity index (χ3v) is 3.21. The Morgan fingerprint density at radius 3 is 2.33 bits per heavy atom. The van der Waals surface area contributed by atoms with Gasteiger partial charge < -0.3 is 9.84 Å². The van der Waals surface area contributed by atoms with Crippen LogP contribution in [0.3, 0.4) is 0 Å². The highest BCUT2D eigenvalue weighted by molar-refractivity contribution is 5.93. The molecule has 1 saturated carbocycles. The molecule has 5 heteroatoms. The summed E-state index contributed by atoms with van der Waals surface area (Å²) in [5.41, 5.74) is -0.544. The molecule has 1 aliphatic carbocycles. The minimum atomic E-state index is -0.907. The van der Waals surface area contributed by atoms with Crippen molar-refractivity contribution in [2.24, 2.45) is 17.3 Å². The van der Waals surface area contributed by atoms with Crippen LogP contribution in [0, 0.1) is 28.6 Å². The number of nitrogens with zero attached hydrogens (tertiary/aromatic N) is 1. The molecular formula is C13H17NO4. The fraction of sp³-hybridized carbons (Fsp3) is 0.615. The number of ether oxygens (including phenoxy) is 1. The van der Waals surface area contributed by atoms with Crippen molar-refractivity contribution in [3.63, 3.8) is 0 Å². The van der Waals surface area contributed by atoms with Crippen molar-refractivity contribution < 1.29 is 19.4 Å². The second kappa shape index (κ2) is 4.81.